The molecule has 2 N–H and O–H groups in total. The van der Waals surface area contributed by atoms with Gasteiger partial charge in [0.25, 0.3) is 0 Å². The molecule has 2 atom stereocenters. The predicted molar refractivity (Wildman–Crippen MR) is 55.2 cm³/mol. The molecule has 1 aliphatic carbocycles. The van der Waals surface area contributed by atoms with Gasteiger partial charge in [-0.15, -0.1) is 0 Å². The monoisotopic (exact) mass is 199 g/mol. The van der Waals surface area contributed by atoms with Gasteiger partial charge >= 0.3 is 0 Å². The topological polar surface area (TPSA) is 41.5 Å². The van der Waals surface area contributed by atoms with Crippen molar-refractivity contribution >= 4 is 0 Å². The molecule has 3 heteroatoms. The Bertz CT molecular complexity index is 192. The third kappa shape index (κ3) is 2.27. The number of aliphatic hydroxyl groups is 1. The van der Waals surface area contributed by atoms with Crippen LogP contribution >= 0.6 is 0 Å². The molecule has 2 rings (SSSR count). The maximum absolute atomic E-state index is 9.76. The molecule has 0 unspecified atom stereocenters. The van der Waals surface area contributed by atoms with Crippen LogP contribution < -0.4 is 5.32 Å². The molecule has 1 saturated heterocycles. The number of hydrogen-bond donors (Lipinski definition) is 2. The van der Waals surface area contributed by atoms with Crippen molar-refractivity contribution in [1.82, 2.24) is 5.32 Å². The lowest BCUT2D eigenvalue weighted by atomic mass is 9.86. The molecule has 0 bridgehead atoms. The number of ether oxygens (including phenoxy) is 1. The highest BCUT2D eigenvalue weighted by atomic mass is 16.5. The van der Waals surface area contributed by atoms with Gasteiger partial charge in [0.1, 0.15) is 0 Å². The number of aliphatic hydroxyl groups excluding tert-OH is 1. The third-order valence-electron chi connectivity index (χ3n) is 3.42. The number of hydrogen-bond acceptors (Lipinski definition) is 3. The van der Waals surface area contributed by atoms with Gasteiger partial charge in [-0.05, 0) is 12.8 Å². The van der Waals surface area contributed by atoms with Gasteiger partial charge in [-0.25, -0.2) is 0 Å². The zero-order valence-corrected chi connectivity index (χ0v) is 8.96. The average molecular weight is 199 g/mol. The molecule has 1 saturated carbocycles. The highest BCUT2D eigenvalue weighted by molar-refractivity contribution is 4.87. The molecule has 0 aromatic carbocycles. The zero-order valence-electron chi connectivity index (χ0n) is 8.96. The van der Waals surface area contributed by atoms with Gasteiger partial charge in [-0.2, -0.15) is 0 Å². The van der Waals surface area contributed by atoms with Crippen LogP contribution in [0.2, 0.25) is 0 Å². The Morgan fingerprint density at radius 1 is 1.36 bits per heavy atom. The number of nitrogens with one attached hydrogen (secondary N) is 1. The van der Waals surface area contributed by atoms with Gasteiger partial charge in [-0.1, -0.05) is 19.8 Å². The highest BCUT2D eigenvalue weighted by Gasteiger charge is 2.34. The molecule has 0 aromatic rings. The Hall–Kier alpha value is -0.120. The average Bonchev–Trinajstić information content (AvgIpc) is 2.14. The summed E-state index contributed by atoms with van der Waals surface area (Å²) < 4.78 is 5.20. The molecular weight excluding hydrogens is 178 g/mol. The molecule has 0 amide bonds. The van der Waals surface area contributed by atoms with Crippen LogP contribution in [-0.2, 0) is 4.74 Å². The van der Waals surface area contributed by atoms with E-state index < -0.39 is 0 Å². The first-order valence-corrected chi connectivity index (χ1v) is 5.69. The maximum Gasteiger partial charge on any atom is 0.0693 e. The van der Waals surface area contributed by atoms with Crippen molar-refractivity contribution in [3.8, 4) is 0 Å². The van der Waals surface area contributed by atoms with E-state index in [4.69, 9.17) is 4.74 Å². The van der Waals surface area contributed by atoms with Crippen LogP contribution in [0.5, 0.6) is 0 Å². The molecule has 2 aliphatic rings. The SMILES string of the molecule is CC1(CN[C@@H]2CCCC[C@H]2O)COC1. The molecule has 3 nitrogen and oxygen atoms in total. The fraction of sp³-hybridized carbons (Fsp3) is 1.00. The van der Waals surface area contributed by atoms with E-state index in [-0.39, 0.29) is 6.10 Å². The maximum atomic E-state index is 9.76. The van der Waals surface area contributed by atoms with E-state index in [1.54, 1.807) is 0 Å². The second-order valence-corrected chi connectivity index (χ2v) is 5.14. The van der Waals surface area contributed by atoms with Crippen molar-refractivity contribution in [2.75, 3.05) is 19.8 Å². The Morgan fingerprint density at radius 2 is 2.07 bits per heavy atom. The molecule has 2 fully saturated rings. The first kappa shape index (κ1) is 10.4. The van der Waals surface area contributed by atoms with Gasteiger partial charge in [0, 0.05) is 18.0 Å². The summed E-state index contributed by atoms with van der Waals surface area (Å²) in [4.78, 5) is 0. The molecule has 0 aromatic heterocycles. The molecule has 0 radical (unpaired) electrons. The molecular formula is C11H21NO2. The lowest BCUT2D eigenvalue weighted by Gasteiger charge is -2.40. The van der Waals surface area contributed by atoms with Crippen LogP contribution in [0.15, 0.2) is 0 Å². The lowest BCUT2D eigenvalue weighted by Crippen LogP contribution is -2.52. The quantitative estimate of drug-likeness (QED) is 0.710. The van der Waals surface area contributed by atoms with Crippen molar-refractivity contribution in [3.63, 3.8) is 0 Å². The van der Waals surface area contributed by atoms with E-state index >= 15 is 0 Å². The summed E-state index contributed by atoms with van der Waals surface area (Å²) in [7, 11) is 0. The summed E-state index contributed by atoms with van der Waals surface area (Å²) in [5.41, 5.74) is 0.317. The fourth-order valence-electron chi connectivity index (χ4n) is 2.28. The van der Waals surface area contributed by atoms with Crippen molar-refractivity contribution in [2.45, 2.75) is 44.8 Å². The van der Waals surface area contributed by atoms with Gasteiger partial charge in [0.05, 0.1) is 19.3 Å². The van der Waals surface area contributed by atoms with Gasteiger partial charge in [0.15, 0.2) is 0 Å². The first-order chi connectivity index (χ1) is 6.70. The second kappa shape index (κ2) is 4.17. The van der Waals surface area contributed by atoms with E-state index in [9.17, 15) is 5.11 Å². The Morgan fingerprint density at radius 3 is 2.64 bits per heavy atom. The first-order valence-electron chi connectivity index (χ1n) is 5.69. The smallest absolute Gasteiger partial charge is 0.0693 e. The Kier molecular flexibility index (Phi) is 3.10. The van der Waals surface area contributed by atoms with Crippen LogP contribution in [0.4, 0.5) is 0 Å². The minimum Gasteiger partial charge on any atom is -0.392 e. The molecule has 1 heterocycles. The summed E-state index contributed by atoms with van der Waals surface area (Å²) >= 11 is 0. The van der Waals surface area contributed by atoms with Gasteiger partial charge in [0.2, 0.25) is 0 Å². The molecule has 82 valence electrons. The summed E-state index contributed by atoms with van der Waals surface area (Å²) in [5.74, 6) is 0. The third-order valence-corrected chi connectivity index (χ3v) is 3.42. The van der Waals surface area contributed by atoms with E-state index in [0.717, 1.165) is 32.6 Å². The normalized spacial score (nSPS) is 36.4. The molecule has 14 heavy (non-hydrogen) atoms. The van der Waals surface area contributed by atoms with Crippen molar-refractivity contribution in [3.05, 3.63) is 0 Å². The minimum atomic E-state index is -0.131. The van der Waals surface area contributed by atoms with Crippen LogP contribution in [0.25, 0.3) is 0 Å². The van der Waals surface area contributed by atoms with E-state index in [1.807, 2.05) is 0 Å². The van der Waals surface area contributed by atoms with Gasteiger partial charge < -0.3 is 15.2 Å². The zero-order chi connectivity index (χ0) is 10.0. The largest absolute Gasteiger partial charge is 0.392 e. The van der Waals surface area contributed by atoms with Crippen LogP contribution in [0.1, 0.15) is 32.6 Å². The van der Waals surface area contributed by atoms with Crippen molar-refractivity contribution in [2.24, 2.45) is 5.41 Å². The second-order valence-electron chi connectivity index (χ2n) is 5.14. The van der Waals surface area contributed by atoms with Crippen molar-refractivity contribution in [1.29, 1.82) is 0 Å². The molecule has 1 aliphatic heterocycles. The summed E-state index contributed by atoms with van der Waals surface area (Å²) in [6.45, 7) is 4.94. The standard InChI is InChI=1S/C11H21NO2/c1-11(7-14-8-11)6-12-9-4-2-3-5-10(9)13/h9-10,12-13H,2-8H2,1H3/t9-,10-/m1/s1. The Balaban J connectivity index is 1.73. The predicted octanol–water partition coefficient (Wildman–Crippen LogP) is 0.916. The van der Waals surface area contributed by atoms with Crippen molar-refractivity contribution < 1.29 is 9.84 Å². The lowest BCUT2D eigenvalue weighted by molar-refractivity contribution is -0.102. The van der Waals surface area contributed by atoms with Gasteiger partial charge in [-0.3, -0.25) is 0 Å². The van der Waals surface area contributed by atoms with Crippen LogP contribution in [0.3, 0.4) is 0 Å². The molecule has 0 spiro atoms. The minimum absolute atomic E-state index is 0.131. The van der Waals surface area contributed by atoms with E-state index in [0.29, 0.717) is 11.5 Å². The van der Waals surface area contributed by atoms with Crippen LogP contribution in [-0.4, -0.2) is 37.0 Å². The fourth-order valence-corrected chi connectivity index (χ4v) is 2.28. The van der Waals surface area contributed by atoms with E-state index in [1.165, 1.54) is 12.8 Å². The summed E-state index contributed by atoms with van der Waals surface area (Å²) in [5, 5.41) is 13.2. The van der Waals surface area contributed by atoms with Crippen LogP contribution in [0, 0.1) is 5.41 Å². The summed E-state index contributed by atoms with van der Waals surface area (Å²) in [6.07, 6.45) is 4.39. The van der Waals surface area contributed by atoms with E-state index in [2.05, 4.69) is 12.2 Å². The highest BCUT2D eigenvalue weighted by Crippen LogP contribution is 2.26. The number of rotatable bonds is 3. The Labute approximate surface area is 85.8 Å². The summed E-state index contributed by atoms with van der Waals surface area (Å²) in [6, 6.07) is 0.321.